The van der Waals surface area contributed by atoms with E-state index in [9.17, 15) is 0 Å². The van der Waals surface area contributed by atoms with Crippen LogP contribution in [-0.4, -0.2) is 6.04 Å². The van der Waals surface area contributed by atoms with Crippen molar-refractivity contribution in [2.75, 3.05) is 0 Å². The molecule has 0 spiro atoms. The summed E-state index contributed by atoms with van der Waals surface area (Å²) in [5.74, 6) is 0.916. The molecule has 1 aliphatic rings. The van der Waals surface area contributed by atoms with Crippen LogP contribution < -0.4 is 5.32 Å². The van der Waals surface area contributed by atoms with Gasteiger partial charge >= 0.3 is 0 Å². The molecule has 0 aliphatic heterocycles. The highest BCUT2D eigenvalue weighted by atomic mass is 79.9. The molecule has 1 saturated carbocycles. The first-order valence-electron chi connectivity index (χ1n) is 5.68. The number of halogens is 1. The minimum Gasteiger partial charge on any atom is -0.307 e. The van der Waals surface area contributed by atoms with E-state index in [1.807, 2.05) is 0 Å². The maximum atomic E-state index is 3.66. The molecule has 0 amide bonds. The Morgan fingerprint density at radius 1 is 1.33 bits per heavy atom. The molecular formula is C13H18BrN. The van der Waals surface area contributed by atoms with Gasteiger partial charge in [-0.3, -0.25) is 0 Å². The van der Waals surface area contributed by atoms with E-state index in [2.05, 4.69) is 59.4 Å². The van der Waals surface area contributed by atoms with Crippen LogP contribution in [0.3, 0.4) is 0 Å². The second kappa shape index (κ2) is 4.67. The molecule has 1 aromatic rings. The molecule has 1 fully saturated rings. The van der Waals surface area contributed by atoms with Crippen LogP contribution in [0.2, 0.25) is 0 Å². The lowest BCUT2D eigenvalue weighted by Crippen LogP contribution is -2.30. The Kier molecular flexibility index (Phi) is 3.47. The summed E-state index contributed by atoms with van der Waals surface area (Å²) in [6.07, 6.45) is 2.80. The second-order valence-corrected chi connectivity index (χ2v) is 5.49. The molecule has 1 aromatic carbocycles. The van der Waals surface area contributed by atoms with E-state index >= 15 is 0 Å². The van der Waals surface area contributed by atoms with Crippen molar-refractivity contribution in [1.82, 2.24) is 5.32 Å². The van der Waals surface area contributed by atoms with Crippen molar-refractivity contribution in [1.29, 1.82) is 0 Å². The summed E-state index contributed by atoms with van der Waals surface area (Å²) in [6.45, 7) is 4.53. The zero-order valence-electron chi connectivity index (χ0n) is 9.33. The molecule has 1 N–H and O–H groups in total. The van der Waals surface area contributed by atoms with Crippen molar-refractivity contribution in [3.05, 3.63) is 34.3 Å². The maximum absolute atomic E-state index is 3.66. The molecule has 2 atom stereocenters. The third-order valence-corrected chi connectivity index (χ3v) is 3.68. The first kappa shape index (κ1) is 11.2. The largest absolute Gasteiger partial charge is 0.307 e. The zero-order chi connectivity index (χ0) is 10.8. The first-order valence-corrected chi connectivity index (χ1v) is 6.47. The van der Waals surface area contributed by atoms with Gasteiger partial charge < -0.3 is 5.32 Å². The van der Waals surface area contributed by atoms with Gasteiger partial charge in [0, 0.05) is 16.6 Å². The minimum atomic E-state index is 0.443. The monoisotopic (exact) mass is 267 g/mol. The Bertz CT molecular complexity index is 333. The average molecular weight is 268 g/mol. The molecule has 2 heteroatoms. The van der Waals surface area contributed by atoms with Crippen LogP contribution in [0.4, 0.5) is 0 Å². The number of hydrogen-bond donors (Lipinski definition) is 1. The van der Waals surface area contributed by atoms with Crippen LogP contribution in [0, 0.1) is 5.92 Å². The Labute approximate surface area is 100 Å². The normalized spacial score (nSPS) is 19.9. The van der Waals surface area contributed by atoms with E-state index in [1.54, 1.807) is 0 Å². The minimum absolute atomic E-state index is 0.443. The molecule has 0 unspecified atom stereocenters. The SMILES string of the molecule is C[C@H](N[C@@H](C)C1CC1)c1cccc(Br)c1. The van der Waals surface area contributed by atoms with Crippen LogP contribution in [0.1, 0.15) is 38.3 Å². The van der Waals surface area contributed by atoms with E-state index in [1.165, 1.54) is 18.4 Å². The Morgan fingerprint density at radius 3 is 2.67 bits per heavy atom. The molecule has 0 aromatic heterocycles. The van der Waals surface area contributed by atoms with Gasteiger partial charge in [-0.15, -0.1) is 0 Å². The fraction of sp³-hybridized carbons (Fsp3) is 0.538. The van der Waals surface area contributed by atoms with Crippen LogP contribution in [-0.2, 0) is 0 Å². The highest BCUT2D eigenvalue weighted by Crippen LogP contribution is 2.33. The lowest BCUT2D eigenvalue weighted by atomic mass is 10.1. The molecule has 0 heterocycles. The fourth-order valence-corrected chi connectivity index (χ4v) is 2.42. The van der Waals surface area contributed by atoms with Gasteiger partial charge in [0.1, 0.15) is 0 Å². The van der Waals surface area contributed by atoms with Crippen molar-refractivity contribution in [3.8, 4) is 0 Å². The molecule has 1 aliphatic carbocycles. The van der Waals surface area contributed by atoms with Crippen molar-refractivity contribution < 1.29 is 0 Å². The summed E-state index contributed by atoms with van der Waals surface area (Å²) in [4.78, 5) is 0. The standard InChI is InChI=1S/C13H18BrN/c1-9(11-6-7-11)15-10(2)12-4-3-5-13(14)8-12/h3-5,8-11,15H,6-7H2,1-2H3/t9-,10-/m0/s1. The van der Waals surface area contributed by atoms with Crippen molar-refractivity contribution in [3.63, 3.8) is 0 Å². The maximum Gasteiger partial charge on any atom is 0.0294 e. The quantitative estimate of drug-likeness (QED) is 0.873. The van der Waals surface area contributed by atoms with Crippen LogP contribution in [0.25, 0.3) is 0 Å². The molecular weight excluding hydrogens is 250 g/mol. The third-order valence-electron chi connectivity index (χ3n) is 3.19. The summed E-state index contributed by atoms with van der Waals surface area (Å²) >= 11 is 3.51. The number of nitrogens with one attached hydrogen (secondary N) is 1. The van der Waals surface area contributed by atoms with Crippen LogP contribution in [0.15, 0.2) is 28.7 Å². The topological polar surface area (TPSA) is 12.0 Å². The van der Waals surface area contributed by atoms with Crippen molar-refractivity contribution in [2.24, 2.45) is 5.92 Å². The van der Waals surface area contributed by atoms with Gasteiger partial charge in [0.25, 0.3) is 0 Å². The Morgan fingerprint density at radius 2 is 2.07 bits per heavy atom. The van der Waals surface area contributed by atoms with E-state index in [-0.39, 0.29) is 0 Å². The summed E-state index contributed by atoms with van der Waals surface area (Å²) in [5.41, 5.74) is 1.36. The molecule has 15 heavy (non-hydrogen) atoms. The van der Waals surface area contributed by atoms with E-state index in [0.717, 1.165) is 10.4 Å². The predicted octanol–water partition coefficient (Wildman–Crippen LogP) is 3.90. The van der Waals surface area contributed by atoms with Crippen LogP contribution >= 0.6 is 15.9 Å². The number of benzene rings is 1. The Hall–Kier alpha value is -0.340. The van der Waals surface area contributed by atoms with Crippen molar-refractivity contribution >= 4 is 15.9 Å². The van der Waals surface area contributed by atoms with Gasteiger partial charge in [-0.25, -0.2) is 0 Å². The van der Waals surface area contributed by atoms with E-state index in [0.29, 0.717) is 12.1 Å². The van der Waals surface area contributed by atoms with Crippen LogP contribution in [0.5, 0.6) is 0 Å². The molecule has 0 radical (unpaired) electrons. The summed E-state index contributed by atoms with van der Waals surface area (Å²) < 4.78 is 1.16. The predicted molar refractivity (Wildman–Crippen MR) is 67.9 cm³/mol. The molecule has 2 rings (SSSR count). The smallest absolute Gasteiger partial charge is 0.0294 e. The van der Waals surface area contributed by atoms with Gasteiger partial charge in [-0.1, -0.05) is 28.1 Å². The second-order valence-electron chi connectivity index (χ2n) is 4.57. The first-order chi connectivity index (χ1) is 7.16. The molecule has 0 saturated heterocycles. The van der Waals surface area contributed by atoms with Crippen molar-refractivity contribution in [2.45, 2.75) is 38.8 Å². The number of hydrogen-bond acceptors (Lipinski definition) is 1. The van der Waals surface area contributed by atoms with Gasteiger partial charge in [0.2, 0.25) is 0 Å². The Balaban J connectivity index is 1.97. The average Bonchev–Trinajstić information content (AvgIpc) is 3.00. The lowest BCUT2D eigenvalue weighted by Gasteiger charge is -2.20. The van der Waals surface area contributed by atoms with Gasteiger partial charge in [0.05, 0.1) is 0 Å². The highest BCUT2D eigenvalue weighted by molar-refractivity contribution is 9.10. The lowest BCUT2D eigenvalue weighted by molar-refractivity contribution is 0.441. The molecule has 1 nitrogen and oxygen atoms in total. The van der Waals surface area contributed by atoms with E-state index in [4.69, 9.17) is 0 Å². The fourth-order valence-electron chi connectivity index (χ4n) is 2.00. The zero-order valence-corrected chi connectivity index (χ0v) is 10.9. The summed E-state index contributed by atoms with van der Waals surface area (Å²) in [7, 11) is 0. The van der Waals surface area contributed by atoms with E-state index < -0.39 is 0 Å². The number of rotatable bonds is 4. The third kappa shape index (κ3) is 3.05. The summed E-state index contributed by atoms with van der Waals surface area (Å²) in [5, 5.41) is 3.66. The molecule has 82 valence electrons. The molecule has 0 bridgehead atoms. The van der Waals surface area contributed by atoms with Gasteiger partial charge in [0.15, 0.2) is 0 Å². The highest BCUT2D eigenvalue weighted by Gasteiger charge is 2.28. The summed E-state index contributed by atoms with van der Waals surface area (Å²) in [6, 6.07) is 9.64. The van der Waals surface area contributed by atoms with Gasteiger partial charge in [-0.2, -0.15) is 0 Å². The van der Waals surface area contributed by atoms with Gasteiger partial charge in [-0.05, 0) is 50.3 Å².